The Labute approximate surface area is 78.5 Å². The van der Waals surface area contributed by atoms with E-state index in [1.807, 2.05) is 0 Å². The number of hydrogen-bond donors (Lipinski definition) is 0. The lowest BCUT2D eigenvalue weighted by Gasteiger charge is -2.34. The molecule has 0 aromatic carbocycles. The lowest BCUT2D eigenvalue weighted by molar-refractivity contribution is 0.215. The van der Waals surface area contributed by atoms with Crippen LogP contribution in [-0.2, 0) is 4.79 Å². The van der Waals surface area contributed by atoms with Gasteiger partial charge < -0.3 is 0 Å². The summed E-state index contributed by atoms with van der Waals surface area (Å²) in [6, 6.07) is 2.14. The number of rotatable bonds is 1. The van der Waals surface area contributed by atoms with Gasteiger partial charge in [-0.1, -0.05) is 13.8 Å². The molecule has 13 heavy (non-hydrogen) atoms. The van der Waals surface area contributed by atoms with Crippen LogP contribution >= 0.6 is 0 Å². The van der Waals surface area contributed by atoms with Gasteiger partial charge in [-0.15, -0.1) is 0 Å². The van der Waals surface area contributed by atoms with E-state index in [-0.39, 0.29) is 0 Å². The fourth-order valence-corrected chi connectivity index (χ4v) is 1.90. The zero-order chi connectivity index (χ0) is 9.90. The molecule has 3 heteroatoms. The molecular formula is C10H14N2O. The van der Waals surface area contributed by atoms with E-state index in [2.05, 4.69) is 24.9 Å². The van der Waals surface area contributed by atoms with Gasteiger partial charge in [-0.25, -0.2) is 4.79 Å². The number of carbonyl (C=O) groups excluding carboxylic acids is 1. The zero-order valence-electron chi connectivity index (χ0n) is 8.08. The Hall–Kier alpha value is -1.13. The Kier molecular flexibility index (Phi) is 2.85. The lowest BCUT2D eigenvalue weighted by atomic mass is 9.72. The smallest absolute Gasteiger partial charge is 0.211 e. The third-order valence-corrected chi connectivity index (χ3v) is 3.11. The minimum Gasteiger partial charge on any atom is -0.211 e. The zero-order valence-corrected chi connectivity index (χ0v) is 8.08. The van der Waals surface area contributed by atoms with Crippen LogP contribution in [0.3, 0.4) is 0 Å². The van der Waals surface area contributed by atoms with E-state index < -0.39 is 5.54 Å². The van der Waals surface area contributed by atoms with Crippen molar-refractivity contribution in [1.29, 1.82) is 5.26 Å². The number of nitrogens with zero attached hydrogens (tertiary/aromatic N) is 2. The van der Waals surface area contributed by atoms with Crippen molar-refractivity contribution in [1.82, 2.24) is 0 Å². The van der Waals surface area contributed by atoms with Gasteiger partial charge in [0.25, 0.3) is 0 Å². The SMILES string of the molecule is CC1CCC(C#N)(N=C=O)CC1C. The molecule has 0 spiro atoms. The van der Waals surface area contributed by atoms with Gasteiger partial charge in [0.15, 0.2) is 5.54 Å². The van der Waals surface area contributed by atoms with Gasteiger partial charge >= 0.3 is 0 Å². The molecule has 1 fully saturated rings. The van der Waals surface area contributed by atoms with Crippen LogP contribution in [0.15, 0.2) is 4.99 Å². The maximum Gasteiger partial charge on any atom is 0.236 e. The van der Waals surface area contributed by atoms with E-state index in [1.54, 1.807) is 0 Å². The summed E-state index contributed by atoms with van der Waals surface area (Å²) in [5.74, 6) is 1.09. The Bertz CT molecular complexity index is 275. The van der Waals surface area contributed by atoms with E-state index in [1.165, 1.54) is 6.08 Å². The first-order valence-electron chi connectivity index (χ1n) is 4.64. The number of nitriles is 1. The highest BCUT2D eigenvalue weighted by molar-refractivity contribution is 5.37. The quantitative estimate of drug-likeness (QED) is 0.455. The van der Waals surface area contributed by atoms with E-state index in [0.717, 1.165) is 6.42 Å². The molecule has 1 saturated carbocycles. The Morgan fingerprint density at radius 2 is 2.15 bits per heavy atom. The summed E-state index contributed by atoms with van der Waals surface area (Å²) < 4.78 is 0. The molecule has 0 N–H and O–H groups in total. The molecule has 3 atom stereocenters. The third kappa shape index (κ3) is 1.96. The number of aliphatic imine (C=N–C) groups is 1. The summed E-state index contributed by atoms with van der Waals surface area (Å²) in [6.45, 7) is 4.28. The molecule has 1 rings (SSSR count). The van der Waals surface area contributed by atoms with Crippen molar-refractivity contribution >= 4 is 6.08 Å². The van der Waals surface area contributed by atoms with E-state index >= 15 is 0 Å². The summed E-state index contributed by atoms with van der Waals surface area (Å²) in [6.07, 6.45) is 3.88. The minimum atomic E-state index is -0.770. The topological polar surface area (TPSA) is 53.2 Å². The molecule has 0 amide bonds. The highest BCUT2D eigenvalue weighted by Crippen LogP contribution is 2.37. The third-order valence-electron chi connectivity index (χ3n) is 3.11. The van der Waals surface area contributed by atoms with E-state index in [0.29, 0.717) is 24.7 Å². The predicted octanol–water partition coefficient (Wildman–Crippen LogP) is 2.04. The average molecular weight is 178 g/mol. The molecule has 70 valence electrons. The predicted molar refractivity (Wildman–Crippen MR) is 48.6 cm³/mol. The molecule has 0 aliphatic heterocycles. The summed E-state index contributed by atoms with van der Waals surface area (Å²) in [4.78, 5) is 13.8. The van der Waals surface area contributed by atoms with Gasteiger partial charge in [0.05, 0.1) is 6.07 Å². The van der Waals surface area contributed by atoms with E-state index in [9.17, 15) is 4.79 Å². The fraction of sp³-hybridized carbons (Fsp3) is 0.800. The van der Waals surface area contributed by atoms with Crippen LogP contribution in [0.2, 0.25) is 0 Å². The highest BCUT2D eigenvalue weighted by Gasteiger charge is 2.37. The van der Waals surface area contributed by atoms with Crippen molar-refractivity contribution in [3.05, 3.63) is 0 Å². The molecule has 0 aromatic rings. The molecule has 3 nitrogen and oxygen atoms in total. The molecule has 0 saturated heterocycles. The first-order valence-corrected chi connectivity index (χ1v) is 4.64. The molecular weight excluding hydrogens is 164 g/mol. The van der Waals surface area contributed by atoms with Gasteiger partial charge in [0, 0.05) is 0 Å². The second-order valence-corrected chi connectivity index (χ2v) is 4.04. The van der Waals surface area contributed by atoms with Crippen molar-refractivity contribution in [3.63, 3.8) is 0 Å². The normalized spacial score (nSPS) is 38.8. The molecule has 0 heterocycles. The number of isocyanates is 1. The first-order chi connectivity index (χ1) is 6.13. The molecule has 1 aliphatic rings. The lowest BCUT2D eigenvalue weighted by Crippen LogP contribution is -2.34. The van der Waals surface area contributed by atoms with Crippen LogP contribution in [-0.4, -0.2) is 11.6 Å². The standard InChI is InChI=1S/C10H14N2O/c1-8-3-4-10(6-11,12-7-13)5-9(8)2/h8-9H,3-5H2,1-2H3. The molecule has 0 aromatic heterocycles. The van der Waals surface area contributed by atoms with Crippen molar-refractivity contribution in [3.8, 4) is 6.07 Å². The summed E-state index contributed by atoms with van der Waals surface area (Å²) in [5, 5.41) is 8.95. The second kappa shape index (κ2) is 3.72. The van der Waals surface area contributed by atoms with Crippen molar-refractivity contribution in [2.45, 2.75) is 38.6 Å². The molecule has 3 unspecified atom stereocenters. The first kappa shape index (κ1) is 9.95. The monoisotopic (exact) mass is 178 g/mol. The van der Waals surface area contributed by atoms with Crippen LogP contribution in [0.5, 0.6) is 0 Å². The van der Waals surface area contributed by atoms with Crippen molar-refractivity contribution in [2.24, 2.45) is 16.8 Å². The van der Waals surface area contributed by atoms with Gasteiger partial charge in [-0.2, -0.15) is 10.3 Å². The van der Waals surface area contributed by atoms with Gasteiger partial charge in [0.1, 0.15) is 0 Å². The molecule has 0 bridgehead atoms. The van der Waals surface area contributed by atoms with Crippen LogP contribution in [0.4, 0.5) is 0 Å². The highest BCUT2D eigenvalue weighted by atomic mass is 16.1. The van der Waals surface area contributed by atoms with E-state index in [4.69, 9.17) is 5.26 Å². The van der Waals surface area contributed by atoms with Crippen LogP contribution in [0.25, 0.3) is 0 Å². The molecule has 1 aliphatic carbocycles. The summed E-state index contributed by atoms with van der Waals surface area (Å²) in [5.41, 5.74) is -0.770. The Balaban J connectivity index is 2.82. The Morgan fingerprint density at radius 3 is 2.62 bits per heavy atom. The minimum absolute atomic E-state index is 0.463. The van der Waals surface area contributed by atoms with Crippen molar-refractivity contribution < 1.29 is 4.79 Å². The molecule has 0 radical (unpaired) electrons. The summed E-state index contributed by atoms with van der Waals surface area (Å²) in [7, 11) is 0. The van der Waals surface area contributed by atoms with Gasteiger partial charge in [0.2, 0.25) is 6.08 Å². The van der Waals surface area contributed by atoms with Gasteiger partial charge in [-0.3, -0.25) is 0 Å². The summed E-state index contributed by atoms with van der Waals surface area (Å²) >= 11 is 0. The second-order valence-electron chi connectivity index (χ2n) is 4.04. The van der Waals surface area contributed by atoms with Crippen LogP contribution < -0.4 is 0 Å². The van der Waals surface area contributed by atoms with Crippen LogP contribution in [0.1, 0.15) is 33.1 Å². The average Bonchev–Trinajstić information content (AvgIpc) is 2.12. The largest absolute Gasteiger partial charge is 0.236 e. The van der Waals surface area contributed by atoms with Crippen LogP contribution in [0, 0.1) is 23.2 Å². The number of hydrogen-bond acceptors (Lipinski definition) is 3. The van der Waals surface area contributed by atoms with Crippen molar-refractivity contribution in [2.75, 3.05) is 0 Å². The maximum atomic E-state index is 10.2. The maximum absolute atomic E-state index is 10.2. The Morgan fingerprint density at radius 1 is 1.46 bits per heavy atom. The van der Waals surface area contributed by atoms with Gasteiger partial charge in [-0.05, 0) is 31.1 Å². The fourth-order valence-electron chi connectivity index (χ4n) is 1.90.